The van der Waals surface area contributed by atoms with Crippen molar-refractivity contribution in [3.63, 3.8) is 0 Å². The number of carbonyl (C=O) groups is 1. The van der Waals surface area contributed by atoms with E-state index in [-0.39, 0.29) is 11.9 Å². The number of nitrogens with one attached hydrogen (secondary N) is 2. The normalized spacial score (nSPS) is 20.7. The number of hydrogen-bond donors (Lipinski definition) is 2. The first-order valence-electron chi connectivity index (χ1n) is 7.29. The number of hydrogen-bond acceptors (Lipinski definition) is 3. The van der Waals surface area contributed by atoms with Crippen molar-refractivity contribution in [1.29, 1.82) is 0 Å². The molecule has 1 fully saturated rings. The van der Waals surface area contributed by atoms with E-state index in [2.05, 4.69) is 43.2 Å². The van der Waals surface area contributed by atoms with Crippen molar-refractivity contribution in [1.82, 2.24) is 15.5 Å². The summed E-state index contributed by atoms with van der Waals surface area (Å²) in [7, 11) is 0. The summed E-state index contributed by atoms with van der Waals surface area (Å²) in [4.78, 5) is 14.3. The number of amides is 1. The van der Waals surface area contributed by atoms with Gasteiger partial charge >= 0.3 is 0 Å². The zero-order chi connectivity index (χ0) is 13.5. The van der Waals surface area contributed by atoms with E-state index in [0.717, 1.165) is 32.5 Å². The zero-order valence-corrected chi connectivity index (χ0v) is 12.3. The first-order chi connectivity index (χ1) is 8.52. The van der Waals surface area contributed by atoms with Gasteiger partial charge in [0.05, 0.1) is 6.04 Å². The number of nitrogens with zero attached hydrogens (tertiary/aromatic N) is 1. The van der Waals surface area contributed by atoms with Crippen LogP contribution in [0.3, 0.4) is 0 Å². The average Bonchev–Trinajstić information content (AvgIpc) is 2.34. The number of rotatable bonds is 6. The lowest BCUT2D eigenvalue weighted by molar-refractivity contribution is -0.123. The molecule has 0 aromatic carbocycles. The fourth-order valence-corrected chi connectivity index (χ4v) is 2.62. The summed E-state index contributed by atoms with van der Waals surface area (Å²) in [5.74, 6) is 0.169. The highest BCUT2D eigenvalue weighted by molar-refractivity contribution is 5.81. The van der Waals surface area contributed by atoms with Crippen LogP contribution in [-0.4, -0.2) is 48.6 Å². The molecule has 0 aromatic heterocycles. The minimum Gasteiger partial charge on any atom is -0.353 e. The van der Waals surface area contributed by atoms with Crippen molar-refractivity contribution in [3.05, 3.63) is 0 Å². The van der Waals surface area contributed by atoms with E-state index in [4.69, 9.17) is 0 Å². The molecule has 1 saturated heterocycles. The molecule has 0 aliphatic carbocycles. The molecular formula is C14H29N3O. The molecule has 1 amide bonds. The summed E-state index contributed by atoms with van der Waals surface area (Å²) in [6.45, 7) is 11.4. The zero-order valence-electron chi connectivity index (χ0n) is 12.3. The maximum Gasteiger partial charge on any atom is 0.237 e. The lowest BCUT2D eigenvalue weighted by Crippen LogP contribution is -2.49. The van der Waals surface area contributed by atoms with Crippen LogP contribution in [0, 0.1) is 0 Å². The summed E-state index contributed by atoms with van der Waals surface area (Å²) >= 11 is 0. The van der Waals surface area contributed by atoms with E-state index in [1.807, 2.05) is 0 Å². The van der Waals surface area contributed by atoms with Gasteiger partial charge < -0.3 is 10.6 Å². The average molecular weight is 255 g/mol. The molecule has 106 valence electrons. The molecule has 1 aliphatic heterocycles. The molecule has 1 unspecified atom stereocenters. The second-order valence-corrected chi connectivity index (χ2v) is 5.72. The van der Waals surface area contributed by atoms with E-state index in [1.165, 1.54) is 6.42 Å². The van der Waals surface area contributed by atoms with Crippen LogP contribution in [0.1, 0.15) is 47.0 Å². The van der Waals surface area contributed by atoms with Gasteiger partial charge in [-0.2, -0.15) is 0 Å². The van der Waals surface area contributed by atoms with Gasteiger partial charge in [0.25, 0.3) is 0 Å². The van der Waals surface area contributed by atoms with Crippen molar-refractivity contribution in [2.45, 2.75) is 65.1 Å². The van der Waals surface area contributed by atoms with Crippen LogP contribution < -0.4 is 10.6 Å². The Morgan fingerprint density at radius 2 is 1.94 bits per heavy atom. The van der Waals surface area contributed by atoms with Gasteiger partial charge in [-0.3, -0.25) is 9.69 Å². The van der Waals surface area contributed by atoms with E-state index < -0.39 is 0 Å². The minimum absolute atomic E-state index is 0.0327. The molecule has 4 heteroatoms. The summed E-state index contributed by atoms with van der Waals surface area (Å²) < 4.78 is 0. The van der Waals surface area contributed by atoms with Crippen LogP contribution in [0.2, 0.25) is 0 Å². The third-order valence-electron chi connectivity index (χ3n) is 3.62. The molecule has 0 saturated carbocycles. The van der Waals surface area contributed by atoms with Gasteiger partial charge in [-0.05, 0) is 47.1 Å². The second-order valence-electron chi connectivity index (χ2n) is 5.72. The highest BCUT2D eigenvalue weighted by atomic mass is 16.2. The Morgan fingerprint density at radius 3 is 2.44 bits per heavy atom. The highest BCUT2D eigenvalue weighted by Gasteiger charge is 2.20. The Bertz CT molecular complexity index is 239. The van der Waals surface area contributed by atoms with Gasteiger partial charge in [-0.1, -0.05) is 6.42 Å². The SMILES string of the molecule is CC(C)N(CCNC(=O)C1CCCCN1)C(C)C. The van der Waals surface area contributed by atoms with Crippen molar-refractivity contribution < 1.29 is 4.79 Å². The molecule has 1 heterocycles. The van der Waals surface area contributed by atoms with Gasteiger partial charge in [0.15, 0.2) is 0 Å². The summed E-state index contributed by atoms with van der Waals surface area (Å²) in [5.41, 5.74) is 0. The van der Waals surface area contributed by atoms with Crippen LogP contribution in [0.15, 0.2) is 0 Å². The van der Waals surface area contributed by atoms with Crippen molar-refractivity contribution in [3.8, 4) is 0 Å². The van der Waals surface area contributed by atoms with Crippen LogP contribution >= 0.6 is 0 Å². The standard InChI is InChI=1S/C14H29N3O/c1-11(2)17(12(3)4)10-9-16-14(18)13-7-5-6-8-15-13/h11-13,15H,5-10H2,1-4H3,(H,16,18). The van der Waals surface area contributed by atoms with Crippen LogP contribution in [-0.2, 0) is 4.79 Å². The highest BCUT2D eigenvalue weighted by Crippen LogP contribution is 2.07. The smallest absolute Gasteiger partial charge is 0.237 e. The molecule has 18 heavy (non-hydrogen) atoms. The third-order valence-corrected chi connectivity index (χ3v) is 3.62. The second kappa shape index (κ2) is 7.74. The molecule has 2 N–H and O–H groups in total. The van der Waals surface area contributed by atoms with Gasteiger partial charge in [-0.25, -0.2) is 0 Å². The fraction of sp³-hybridized carbons (Fsp3) is 0.929. The summed E-state index contributed by atoms with van der Waals surface area (Å²) in [6, 6.07) is 1.08. The Labute approximate surface area is 111 Å². The van der Waals surface area contributed by atoms with E-state index >= 15 is 0 Å². The molecule has 4 nitrogen and oxygen atoms in total. The fourth-order valence-electron chi connectivity index (χ4n) is 2.62. The van der Waals surface area contributed by atoms with Gasteiger partial charge in [-0.15, -0.1) is 0 Å². The van der Waals surface area contributed by atoms with Gasteiger partial charge in [0.1, 0.15) is 0 Å². The quantitative estimate of drug-likeness (QED) is 0.753. The third kappa shape index (κ3) is 4.94. The Kier molecular flexibility index (Phi) is 6.65. The van der Waals surface area contributed by atoms with Crippen LogP contribution in [0.4, 0.5) is 0 Å². The predicted octanol–water partition coefficient (Wildman–Crippen LogP) is 1.36. The molecule has 1 rings (SSSR count). The van der Waals surface area contributed by atoms with E-state index in [0.29, 0.717) is 12.1 Å². The molecule has 0 spiro atoms. The largest absolute Gasteiger partial charge is 0.353 e. The van der Waals surface area contributed by atoms with Gasteiger partial charge in [0.2, 0.25) is 5.91 Å². The number of carbonyl (C=O) groups excluding carboxylic acids is 1. The Hall–Kier alpha value is -0.610. The first kappa shape index (κ1) is 15.4. The molecular weight excluding hydrogens is 226 g/mol. The topological polar surface area (TPSA) is 44.4 Å². The molecule has 0 aromatic rings. The maximum absolute atomic E-state index is 11.9. The summed E-state index contributed by atoms with van der Waals surface area (Å²) in [5, 5.41) is 6.33. The van der Waals surface area contributed by atoms with Crippen molar-refractivity contribution in [2.24, 2.45) is 0 Å². The van der Waals surface area contributed by atoms with Crippen LogP contribution in [0.5, 0.6) is 0 Å². The number of piperidine rings is 1. The van der Waals surface area contributed by atoms with Crippen molar-refractivity contribution >= 4 is 5.91 Å². The van der Waals surface area contributed by atoms with Crippen molar-refractivity contribution in [2.75, 3.05) is 19.6 Å². The van der Waals surface area contributed by atoms with Gasteiger partial charge in [0, 0.05) is 25.2 Å². The molecule has 1 atom stereocenters. The Balaban J connectivity index is 2.25. The first-order valence-corrected chi connectivity index (χ1v) is 7.29. The lowest BCUT2D eigenvalue weighted by Gasteiger charge is -2.31. The molecule has 0 radical (unpaired) electrons. The van der Waals surface area contributed by atoms with E-state index in [9.17, 15) is 4.79 Å². The summed E-state index contributed by atoms with van der Waals surface area (Å²) in [6.07, 6.45) is 3.33. The maximum atomic E-state index is 11.9. The minimum atomic E-state index is 0.0327. The Morgan fingerprint density at radius 1 is 1.28 bits per heavy atom. The molecule has 1 aliphatic rings. The molecule has 0 bridgehead atoms. The predicted molar refractivity (Wildman–Crippen MR) is 75.6 cm³/mol. The van der Waals surface area contributed by atoms with Crippen LogP contribution in [0.25, 0.3) is 0 Å². The lowest BCUT2D eigenvalue weighted by atomic mass is 10.0. The monoisotopic (exact) mass is 255 g/mol. The van der Waals surface area contributed by atoms with E-state index in [1.54, 1.807) is 0 Å².